The lowest BCUT2D eigenvalue weighted by molar-refractivity contribution is -0.114. The van der Waals surface area contributed by atoms with Gasteiger partial charge in [-0.1, -0.05) is 30.3 Å². The van der Waals surface area contributed by atoms with E-state index < -0.39 is 0 Å². The number of hydrogen-bond acceptors (Lipinski definition) is 3. The lowest BCUT2D eigenvalue weighted by Crippen LogP contribution is -1.95. The SMILES string of the molecule is O=C1CCS/C1=C(/O)c1ccccc1. The summed E-state index contributed by atoms with van der Waals surface area (Å²) >= 11 is 1.43. The van der Waals surface area contributed by atoms with Gasteiger partial charge >= 0.3 is 0 Å². The van der Waals surface area contributed by atoms with Gasteiger partial charge in [0.25, 0.3) is 0 Å². The molecule has 1 saturated heterocycles. The molecule has 0 amide bonds. The smallest absolute Gasteiger partial charge is 0.173 e. The Labute approximate surface area is 86.6 Å². The summed E-state index contributed by atoms with van der Waals surface area (Å²) in [5, 5.41) is 9.83. The fourth-order valence-electron chi connectivity index (χ4n) is 1.37. The molecule has 14 heavy (non-hydrogen) atoms. The van der Waals surface area contributed by atoms with Crippen molar-refractivity contribution in [2.24, 2.45) is 0 Å². The van der Waals surface area contributed by atoms with Crippen LogP contribution in [-0.2, 0) is 4.79 Å². The molecule has 0 aromatic heterocycles. The number of rotatable bonds is 1. The number of Topliss-reactive ketones (excluding diaryl/α,β-unsaturated/α-hetero) is 1. The summed E-state index contributed by atoms with van der Waals surface area (Å²) < 4.78 is 0. The van der Waals surface area contributed by atoms with Crippen LogP contribution < -0.4 is 0 Å². The number of carbonyl (C=O) groups excluding carboxylic acids is 1. The van der Waals surface area contributed by atoms with Crippen molar-refractivity contribution in [2.75, 3.05) is 5.75 Å². The molecular weight excluding hydrogens is 196 g/mol. The molecule has 1 heterocycles. The van der Waals surface area contributed by atoms with Crippen molar-refractivity contribution in [3.8, 4) is 0 Å². The molecule has 0 radical (unpaired) electrons. The monoisotopic (exact) mass is 206 g/mol. The highest BCUT2D eigenvalue weighted by Crippen LogP contribution is 2.32. The Kier molecular flexibility index (Phi) is 2.59. The third-order valence-electron chi connectivity index (χ3n) is 2.09. The van der Waals surface area contributed by atoms with E-state index >= 15 is 0 Å². The summed E-state index contributed by atoms with van der Waals surface area (Å²) in [5.74, 6) is 0.958. The van der Waals surface area contributed by atoms with E-state index in [0.29, 0.717) is 16.9 Å². The van der Waals surface area contributed by atoms with Crippen LogP contribution in [0.25, 0.3) is 5.76 Å². The van der Waals surface area contributed by atoms with E-state index in [1.807, 2.05) is 18.2 Å². The maximum absolute atomic E-state index is 11.4. The molecule has 1 N–H and O–H groups in total. The van der Waals surface area contributed by atoms with Crippen LogP contribution in [0.2, 0.25) is 0 Å². The number of carbonyl (C=O) groups is 1. The zero-order valence-corrected chi connectivity index (χ0v) is 8.38. The Balaban J connectivity index is 2.40. The van der Waals surface area contributed by atoms with Gasteiger partial charge in [0.15, 0.2) is 5.78 Å². The molecule has 0 spiro atoms. The Hall–Kier alpha value is -1.22. The highest BCUT2D eigenvalue weighted by Gasteiger charge is 2.22. The van der Waals surface area contributed by atoms with Gasteiger partial charge in [0.05, 0.1) is 4.91 Å². The average Bonchev–Trinajstić information content (AvgIpc) is 2.65. The van der Waals surface area contributed by atoms with Crippen molar-refractivity contribution >= 4 is 23.3 Å². The first-order valence-corrected chi connectivity index (χ1v) is 5.42. The molecule has 0 unspecified atom stereocenters. The molecule has 0 aliphatic carbocycles. The zero-order chi connectivity index (χ0) is 9.97. The molecule has 2 rings (SSSR count). The second-order valence-electron chi connectivity index (χ2n) is 3.07. The minimum Gasteiger partial charge on any atom is -0.506 e. The second kappa shape index (κ2) is 3.88. The minimum absolute atomic E-state index is 0.0522. The fourth-order valence-corrected chi connectivity index (χ4v) is 2.38. The van der Waals surface area contributed by atoms with Gasteiger partial charge in [-0.3, -0.25) is 4.79 Å². The quantitative estimate of drug-likeness (QED) is 0.567. The summed E-state index contributed by atoms with van der Waals surface area (Å²) in [6, 6.07) is 9.17. The van der Waals surface area contributed by atoms with Gasteiger partial charge in [-0.2, -0.15) is 0 Å². The molecule has 3 heteroatoms. The molecule has 72 valence electrons. The van der Waals surface area contributed by atoms with Gasteiger partial charge < -0.3 is 5.11 Å². The molecule has 1 aromatic rings. The third-order valence-corrected chi connectivity index (χ3v) is 3.21. The van der Waals surface area contributed by atoms with Crippen molar-refractivity contribution in [2.45, 2.75) is 6.42 Å². The van der Waals surface area contributed by atoms with Crippen LogP contribution >= 0.6 is 11.8 Å². The van der Waals surface area contributed by atoms with Crippen LogP contribution in [0.15, 0.2) is 35.2 Å². The van der Waals surface area contributed by atoms with Crippen LogP contribution in [0.4, 0.5) is 0 Å². The molecule has 1 aliphatic heterocycles. The largest absolute Gasteiger partial charge is 0.506 e. The summed E-state index contributed by atoms with van der Waals surface area (Å²) in [5.41, 5.74) is 0.713. The van der Waals surface area contributed by atoms with Crippen molar-refractivity contribution in [3.05, 3.63) is 40.8 Å². The number of allylic oxidation sites excluding steroid dienone is 1. The Morgan fingerprint density at radius 2 is 2.00 bits per heavy atom. The number of ketones is 1. The number of thioether (sulfide) groups is 1. The van der Waals surface area contributed by atoms with Crippen LogP contribution in [-0.4, -0.2) is 16.6 Å². The predicted octanol–water partition coefficient (Wildman–Crippen LogP) is 2.62. The standard InChI is InChI=1S/C11H10O2S/c12-9-6-7-14-11(9)10(13)8-4-2-1-3-5-8/h1-5,13H,6-7H2/b11-10+. The highest BCUT2D eigenvalue weighted by molar-refractivity contribution is 8.04. The van der Waals surface area contributed by atoms with Crippen LogP contribution in [0.1, 0.15) is 12.0 Å². The zero-order valence-electron chi connectivity index (χ0n) is 7.56. The van der Waals surface area contributed by atoms with Crippen LogP contribution in [0.3, 0.4) is 0 Å². The van der Waals surface area contributed by atoms with Gasteiger partial charge in [0.2, 0.25) is 0 Å². The van der Waals surface area contributed by atoms with Crippen LogP contribution in [0, 0.1) is 0 Å². The molecule has 1 aromatic carbocycles. The van der Waals surface area contributed by atoms with Gasteiger partial charge in [0.1, 0.15) is 5.76 Å². The molecule has 0 saturated carbocycles. The Bertz CT molecular complexity index is 382. The number of aliphatic hydroxyl groups is 1. The topological polar surface area (TPSA) is 37.3 Å². The first-order valence-electron chi connectivity index (χ1n) is 4.43. The first-order chi connectivity index (χ1) is 6.79. The fraction of sp³-hybridized carbons (Fsp3) is 0.182. The predicted molar refractivity (Wildman–Crippen MR) is 58.1 cm³/mol. The van der Waals surface area contributed by atoms with Crippen LogP contribution in [0.5, 0.6) is 0 Å². The maximum Gasteiger partial charge on any atom is 0.173 e. The lowest BCUT2D eigenvalue weighted by Gasteiger charge is -2.02. The molecule has 1 fully saturated rings. The van der Waals surface area contributed by atoms with E-state index in [1.165, 1.54) is 11.8 Å². The van der Waals surface area contributed by atoms with E-state index in [9.17, 15) is 9.90 Å². The Morgan fingerprint density at radius 1 is 1.29 bits per heavy atom. The molecular formula is C11H10O2S. The van der Waals surface area contributed by atoms with E-state index in [-0.39, 0.29) is 11.5 Å². The molecule has 2 nitrogen and oxygen atoms in total. The maximum atomic E-state index is 11.4. The van der Waals surface area contributed by atoms with E-state index in [1.54, 1.807) is 12.1 Å². The number of aliphatic hydroxyl groups excluding tert-OH is 1. The van der Waals surface area contributed by atoms with E-state index in [2.05, 4.69) is 0 Å². The minimum atomic E-state index is 0.0522. The summed E-state index contributed by atoms with van der Waals surface area (Å²) in [4.78, 5) is 11.9. The summed E-state index contributed by atoms with van der Waals surface area (Å²) in [7, 11) is 0. The molecule has 1 aliphatic rings. The average molecular weight is 206 g/mol. The highest BCUT2D eigenvalue weighted by atomic mass is 32.2. The first kappa shape index (κ1) is 9.34. The number of benzene rings is 1. The molecule has 0 bridgehead atoms. The van der Waals surface area contributed by atoms with E-state index in [0.717, 1.165) is 5.75 Å². The van der Waals surface area contributed by atoms with Crippen molar-refractivity contribution in [1.82, 2.24) is 0 Å². The third kappa shape index (κ3) is 1.68. The van der Waals surface area contributed by atoms with Gasteiger partial charge in [-0.25, -0.2) is 0 Å². The second-order valence-corrected chi connectivity index (χ2v) is 4.17. The van der Waals surface area contributed by atoms with Gasteiger partial charge in [-0.15, -0.1) is 11.8 Å². The molecule has 0 atom stereocenters. The summed E-state index contributed by atoms with van der Waals surface area (Å²) in [6.07, 6.45) is 0.539. The Morgan fingerprint density at radius 3 is 2.57 bits per heavy atom. The van der Waals surface area contributed by atoms with Gasteiger partial charge in [-0.05, 0) is 0 Å². The van der Waals surface area contributed by atoms with Crippen molar-refractivity contribution < 1.29 is 9.90 Å². The van der Waals surface area contributed by atoms with Crippen molar-refractivity contribution in [3.63, 3.8) is 0 Å². The normalized spacial score (nSPS) is 19.9. The van der Waals surface area contributed by atoms with Gasteiger partial charge in [0, 0.05) is 17.7 Å². The van der Waals surface area contributed by atoms with E-state index in [4.69, 9.17) is 0 Å². The summed E-state index contributed by atoms with van der Waals surface area (Å²) in [6.45, 7) is 0. The van der Waals surface area contributed by atoms with Crippen molar-refractivity contribution in [1.29, 1.82) is 0 Å². The number of hydrogen-bond donors (Lipinski definition) is 1. The lowest BCUT2D eigenvalue weighted by atomic mass is 10.1.